The summed E-state index contributed by atoms with van der Waals surface area (Å²) < 4.78 is 12.9. The molecule has 1 aromatic carbocycles. The average molecular weight is 259 g/mol. The van der Waals surface area contributed by atoms with Crippen molar-refractivity contribution < 1.29 is 14.3 Å². The molecule has 4 heteroatoms. The quantitative estimate of drug-likeness (QED) is 0.827. The number of rotatable bonds is 2. The molecular weight excluding hydrogens is 251 g/mol. The van der Waals surface area contributed by atoms with Gasteiger partial charge in [-0.3, -0.25) is 4.79 Å². The van der Waals surface area contributed by atoms with Crippen LogP contribution in [0, 0.1) is 5.82 Å². The van der Waals surface area contributed by atoms with Crippen molar-refractivity contribution in [3.63, 3.8) is 0 Å². The maximum Gasteiger partial charge on any atom is 0.315 e. The summed E-state index contributed by atoms with van der Waals surface area (Å²) in [5.74, 6) is -1.29. The van der Waals surface area contributed by atoms with Crippen LogP contribution in [0.15, 0.2) is 24.3 Å². The van der Waals surface area contributed by atoms with E-state index in [1.54, 1.807) is 6.07 Å². The highest BCUT2D eigenvalue weighted by atomic mass is 79.9. The first-order valence-corrected chi connectivity index (χ1v) is 5.12. The Kier molecular flexibility index (Phi) is 2.10. The van der Waals surface area contributed by atoms with Gasteiger partial charge in [-0.25, -0.2) is 4.39 Å². The van der Waals surface area contributed by atoms with Gasteiger partial charge in [0.1, 0.15) is 11.2 Å². The maximum absolute atomic E-state index is 12.9. The van der Waals surface area contributed by atoms with Gasteiger partial charge in [0.15, 0.2) is 0 Å². The molecule has 0 aromatic heterocycles. The number of aliphatic carboxylic acids is 1. The van der Waals surface area contributed by atoms with Crippen LogP contribution in [0.3, 0.4) is 0 Å². The third kappa shape index (κ3) is 1.25. The van der Waals surface area contributed by atoms with Crippen LogP contribution < -0.4 is 0 Å². The highest BCUT2D eigenvalue weighted by molar-refractivity contribution is 9.09. The number of carboxylic acids is 1. The minimum atomic E-state index is -0.915. The van der Waals surface area contributed by atoms with E-state index in [0.29, 0.717) is 12.0 Å². The Morgan fingerprint density at radius 3 is 2.71 bits per heavy atom. The number of hydrogen-bond donors (Lipinski definition) is 1. The summed E-state index contributed by atoms with van der Waals surface area (Å²) in [6.07, 6.45) is 0.520. The molecular formula is C10H8BrFO2. The van der Waals surface area contributed by atoms with Crippen LogP contribution in [0.4, 0.5) is 4.39 Å². The van der Waals surface area contributed by atoms with Crippen LogP contribution in [-0.4, -0.2) is 15.9 Å². The molecule has 2 unspecified atom stereocenters. The monoisotopic (exact) mass is 258 g/mol. The molecule has 1 N–H and O–H groups in total. The number of carboxylic acid groups (broad SMARTS) is 1. The van der Waals surface area contributed by atoms with Gasteiger partial charge < -0.3 is 5.11 Å². The molecule has 0 amide bonds. The van der Waals surface area contributed by atoms with Crippen molar-refractivity contribution in [2.75, 3.05) is 0 Å². The van der Waals surface area contributed by atoms with Crippen molar-refractivity contribution >= 4 is 21.9 Å². The molecule has 0 radical (unpaired) electrons. The van der Waals surface area contributed by atoms with Gasteiger partial charge in [0, 0.05) is 4.83 Å². The molecule has 2 nitrogen and oxygen atoms in total. The van der Waals surface area contributed by atoms with E-state index < -0.39 is 17.2 Å². The van der Waals surface area contributed by atoms with Gasteiger partial charge in [-0.1, -0.05) is 28.1 Å². The molecule has 14 heavy (non-hydrogen) atoms. The van der Waals surface area contributed by atoms with Gasteiger partial charge in [0.05, 0.1) is 0 Å². The van der Waals surface area contributed by atoms with Crippen LogP contribution in [-0.2, 0) is 10.2 Å². The Labute approximate surface area is 88.9 Å². The number of hydrogen-bond acceptors (Lipinski definition) is 1. The van der Waals surface area contributed by atoms with E-state index in [2.05, 4.69) is 15.9 Å². The maximum atomic E-state index is 12.9. The lowest BCUT2D eigenvalue weighted by Crippen LogP contribution is -2.22. The number of benzene rings is 1. The lowest BCUT2D eigenvalue weighted by Gasteiger charge is -2.10. The van der Waals surface area contributed by atoms with Crippen LogP contribution >= 0.6 is 15.9 Å². The van der Waals surface area contributed by atoms with E-state index in [1.807, 2.05) is 0 Å². The van der Waals surface area contributed by atoms with E-state index in [0.717, 1.165) is 0 Å². The third-order valence-electron chi connectivity index (χ3n) is 2.60. The zero-order valence-corrected chi connectivity index (χ0v) is 8.79. The van der Waals surface area contributed by atoms with Crippen LogP contribution in [0.2, 0.25) is 0 Å². The Morgan fingerprint density at radius 2 is 2.29 bits per heavy atom. The second kappa shape index (κ2) is 3.05. The van der Waals surface area contributed by atoms with Crippen LogP contribution in [0.1, 0.15) is 12.0 Å². The van der Waals surface area contributed by atoms with Gasteiger partial charge >= 0.3 is 5.97 Å². The topological polar surface area (TPSA) is 37.3 Å². The average Bonchev–Trinajstić information content (AvgIpc) is 2.79. The SMILES string of the molecule is O=C(O)C1(c2cccc(F)c2)CC1Br. The fraction of sp³-hybridized carbons (Fsp3) is 0.300. The van der Waals surface area contributed by atoms with E-state index in [4.69, 9.17) is 5.11 Å². The lowest BCUT2D eigenvalue weighted by atomic mass is 9.96. The fourth-order valence-electron chi connectivity index (χ4n) is 1.63. The molecule has 0 bridgehead atoms. The lowest BCUT2D eigenvalue weighted by molar-refractivity contribution is -0.139. The summed E-state index contributed by atoms with van der Waals surface area (Å²) in [4.78, 5) is 11.0. The molecule has 0 heterocycles. The first-order valence-electron chi connectivity index (χ1n) is 4.21. The number of carbonyl (C=O) groups is 1. The molecule has 1 saturated carbocycles. The fourth-order valence-corrected chi connectivity index (χ4v) is 2.60. The minimum absolute atomic E-state index is 0.0886. The van der Waals surface area contributed by atoms with Crippen molar-refractivity contribution in [2.45, 2.75) is 16.7 Å². The van der Waals surface area contributed by atoms with Gasteiger partial charge in [-0.2, -0.15) is 0 Å². The van der Waals surface area contributed by atoms with Crippen LogP contribution in [0.5, 0.6) is 0 Å². The predicted octanol–water partition coefficient (Wildman–Crippen LogP) is 2.32. The van der Waals surface area contributed by atoms with Crippen molar-refractivity contribution in [2.24, 2.45) is 0 Å². The largest absolute Gasteiger partial charge is 0.481 e. The van der Waals surface area contributed by atoms with Gasteiger partial charge in [0.25, 0.3) is 0 Å². The summed E-state index contributed by atoms with van der Waals surface area (Å²) in [6, 6.07) is 5.78. The summed E-state index contributed by atoms with van der Waals surface area (Å²) in [7, 11) is 0. The zero-order chi connectivity index (χ0) is 10.3. The molecule has 1 fully saturated rings. The molecule has 0 aliphatic heterocycles. The van der Waals surface area contributed by atoms with E-state index in [1.165, 1.54) is 18.2 Å². The Hall–Kier alpha value is -0.900. The standard InChI is InChI=1S/C10H8BrFO2/c11-8-5-10(8,9(13)14)6-2-1-3-7(12)4-6/h1-4,8H,5H2,(H,13,14). The molecule has 2 rings (SSSR count). The normalized spacial score (nSPS) is 30.0. The summed E-state index contributed by atoms with van der Waals surface area (Å²) in [6.45, 7) is 0. The first kappa shape index (κ1) is 9.65. The Bertz CT molecular complexity index is 393. The van der Waals surface area contributed by atoms with Gasteiger partial charge in [-0.05, 0) is 24.1 Å². The van der Waals surface area contributed by atoms with Gasteiger partial charge in [0.2, 0.25) is 0 Å². The summed E-state index contributed by atoms with van der Waals surface area (Å²) in [5, 5.41) is 9.07. The van der Waals surface area contributed by atoms with Crippen LogP contribution in [0.25, 0.3) is 0 Å². The van der Waals surface area contributed by atoms with E-state index in [-0.39, 0.29) is 4.83 Å². The summed E-state index contributed by atoms with van der Waals surface area (Å²) >= 11 is 3.26. The number of halogens is 2. The Morgan fingerprint density at radius 1 is 1.64 bits per heavy atom. The molecule has 1 aliphatic carbocycles. The molecule has 0 saturated heterocycles. The predicted molar refractivity (Wildman–Crippen MR) is 53.0 cm³/mol. The zero-order valence-electron chi connectivity index (χ0n) is 7.21. The highest BCUT2D eigenvalue weighted by Crippen LogP contribution is 2.53. The molecule has 1 aliphatic rings. The molecule has 74 valence electrons. The van der Waals surface area contributed by atoms with Crippen molar-refractivity contribution in [1.82, 2.24) is 0 Å². The first-order chi connectivity index (χ1) is 6.57. The van der Waals surface area contributed by atoms with Crippen molar-refractivity contribution in [1.29, 1.82) is 0 Å². The smallest absolute Gasteiger partial charge is 0.315 e. The third-order valence-corrected chi connectivity index (χ3v) is 3.70. The number of alkyl halides is 1. The molecule has 0 spiro atoms. The minimum Gasteiger partial charge on any atom is -0.481 e. The Balaban J connectivity index is 2.44. The second-order valence-electron chi connectivity index (χ2n) is 3.46. The summed E-state index contributed by atoms with van der Waals surface area (Å²) in [5.41, 5.74) is -0.380. The van der Waals surface area contributed by atoms with E-state index >= 15 is 0 Å². The van der Waals surface area contributed by atoms with Gasteiger partial charge in [-0.15, -0.1) is 0 Å². The van der Waals surface area contributed by atoms with Crippen molar-refractivity contribution in [3.8, 4) is 0 Å². The van der Waals surface area contributed by atoms with E-state index in [9.17, 15) is 9.18 Å². The second-order valence-corrected chi connectivity index (χ2v) is 4.56. The van der Waals surface area contributed by atoms with Crippen molar-refractivity contribution in [3.05, 3.63) is 35.6 Å². The molecule has 2 atom stereocenters. The highest BCUT2D eigenvalue weighted by Gasteiger charge is 2.60. The molecule has 1 aromatic rings.